The number of nitrogens with zero attached hydrogens (tertiary/aromatic N) is 2. The largest absolute Gasteiger partial charge is 0.491 e. The van der Waals surface area contributed by atoms with Crippen molar-refractivity contribution in [3.8, 4) is 5.75 Å². The van der Waals surface area contributed by atoms with Gasteiger partial charge in [-0.15, -0.1) is 0 Å². The van der Waals surface area contributed by atoms with Gasteiger partial charge in [0.05, 0.1) is 44.1 Å². The second-order valence-corrected chi connectivity index (χ2v) is 12.8. The second-order valence-electron chi connectivity index (χ2n) is 11.2. The Balaban J connectivity index is 1.26. The summed E-state index contributed by atoms with van der Waals surface area (Å²) in [6.07, 6.45) is -0.455. The van der Waals surface area contributed by atoms with Crippen molar-refractivity contribution in [2.24, 2.45) is 0 Å². The third-order valence-electron chi connectivity index (χ3n) is 6.36. The number of benzene rings is 3. The van der Waals surface area contributed by atoms with Crippen molar-refractivity contribution >= 4 is 43.7 Å². The number of hydrogen-bond donors (Lipinski definition) is 0. The molecule has 0 radical (unpaired) electrons. The summed E-state index contributed by atoms with van der Waals surface area (Å²) in [7, 11) is 0.245. The number of ether oxygens (including phenoxy) is 4. The van der Waals surface area contributed by atoms with E-state index in [1.807, 2.05) is 82.2 Å². The number of anilines is 1. The Kier molecular flexibility index (Phi) is 10.7. The molecule has 0 aliphatic carbocycles. The smallest absolute Gasteiger partial charge is 0.419 e. The molecule has 0 saturated carbocycles. The van der Waals surface area contributed by atoms with Gasteiger partial charge in [-0.05, 0) is 50.6 Å². The van der Waals surface area contributed by atoms with Crippen LogP contribution in [0.2, 0.25) is 0 Å². The summed E-state index contributed by atoms with van der Waals surface area (Å²) < 4.78 is 53.3. The zero-order chi connectivity index (χ0) is 31.0. The molecule has 0 spiro atoms. The van der Waals surface area contributed by atoms with E-state index in [1.54, 1.807) is 28.8 Å². The average molecular weight is 613 g/mol. The minimum atomic E-state index is -3.67. The van der Waals surface area contributed by atoms with Crippen molar-refractivity contribution in [1.82, 2.24) is 4.57 Å². The summed E-state index contributed by atoms with van der Waals surface area (Å²) >= 11 is 0. The summed E-state index contributed by atoms with van der Waals surface area (Å²) in [5, 5.41) is 1.87. The number of fused-ring (bicyclic) bond motifs is 3. The molecule has 1 aromatic heterocycles. The zero-order valence-corrected chi connectivity index (χ0v) is 26.2. The van der Waals surface area contributed by atoms with Gasteiger partial charge in [-0.1, -0.05) is 36.4 Å². The Labute approximate surface area is 253 Å². The molecule has 11 heteroatoms. The molecule has 0 unspecified atom stereocenters. The summed E-state index contributed by atoms with van der Waals surface area (Å²) in [5.74, 6) is 0.423. The molecule has 4 rings (SSSR count). The molecule has 0 N–H and O–H groups in total. The highest BCUT2D eigenvalue weighted by Crippen LogP contribution is 2.34. The molecule has 4 aromatic rings. The van der Waals surface area contributed by atoms with Crippen LogP contribution in [0.25, 0.3) is 21.8 Å². The third kappa shape index (κ3) is 9.17. The van der Waals surface area contributed by atoms with Crippen LogP contribution in [0.3, 0.4) is 0 Å². The van der Waals surface area contributed by atoms with E-state index in [0.717, 1.165) is 22.0 Å². The molecule has 10 nitrogen and oxygen atoms in total. The molecule has 0 saturated heterocycles. The van der Waals surface area contributed by atoms with Gasteiger partial charge < -0.3 is 23.8 Å². The molecule has 0 aliphatic rings. The monoisotopic (exact) mass is 612 g/mol. The first-order chi connectivity index (χ1) is 20.4. The molecule has 0 amide bonds. The maximum Gasteiger partial charge on any atom is 0.419 e. The fraction of sp³-hybridized carbons (Fsp3) is 0.406. The van der Waals surface area contributed by atoms with Crippen LogP contribution in [0.4, 0.5) is 10.5 Å². The van der Waals surface area contributed by atoms with Crippen molar-refractivity contribution in [2.75, 3.05) is 58.6 Å². The molecule has 0 atom stereocenters. The molecule has 0 bridgehead atoms. The molecule has 0 aliphatic heterocycles. The van der Waals surface area contributed by atoms with Gasteiger partial charge in [-0.3, -0.25) is 4.18 Å². The highest BCUT2D eigenvalue weighted by Gasteiger charge is 2.23. The summed E-state index contributed by atoms with van der Waals surface area (Å²) in [4.78, 5) is 15.3. The van der Waals surface area contributed by atoms with E-state index in [9.17, 15) is 13.2 Å². The van der Waals surface area contributed by atoms with E-state index in [1.165, 1.54) is 0 Å². The first-order valence-electron chi connectivity index (χ1n) is 14.1. The highest BCUT2D eigenvalue weighted by atomic mass is 32.2. The van der Waals surface area contributed by atoms with Crippen LogP contribution in [0, 0.1) is 0 Å². The predicted molar refractivity (Wildman–Crippen MR) is 168 cm³/mol. The SMILES string of the molecule is CN(C)c1ccc2c3ccc(OCCOCCOCCOS(=O)(=O)Cc4ccccc4)cc3n(C(=O)OC(C)(C)C)c2c1. The van der Waals surface area contributed by atoms with Crippen LogP contribution in [0.5, 0.6) is 5.75 Å². The normalized spacial score (nSPS) is 12.1. The number of rotatable bonds is 14. The Morgan fingerprint density at radius 3 is 2.05 bits per heavy atom. The Bertz CT molecular complexity index is 1630. The van der Waals surface area contributed by atoms with E-state index < -0.39 is 21.8 Å². The van der Waals surface area contributed by atoms with Crippen LogP contribution in [-0.4, -0.2) is 78.4 Å². The van der Waals surface area contributed by atoms with E-state index in [0.29, 0.717) is 43.3 Å². The quantitative estimate of drug-likeness (QED) is 0.133. The average Bonchev–Trinajstić information content (AvgIpc) is 3.26. The summed E-state index contributed by atoms with van der Waals surface area (Å²) in [6.45, 7) is 6.83. The van der Waals surface area contributed by atoms with E-state index in [2.05, 4.69) is 0 Å². The van der Waals surface area contributed by atoms with Crippen LogP contribution < -0.4 is 9.64 Å². The lowest BCUT2D eigenvalue weighted by Gasteiger charge is -2.20. The molecule has 43 heavy (non-hydrogen) atoms. The predicted octanol–water partition coefficient (Wildman–Crippen LogP) is 5.60. The Morgan fingerprint density at radius 2 is 1.40 bits per heavy atom. The lowest BCUT2D eigenvalue weighted by atomic mass is 10.1. The number of carbonyl (C=O) groups excluding carboxylic acids is 1. The van der Waals surface area contributed by atoms with Gasteiger partial charge in [0.25, 0.3) is 10.1 Å². The van der Waals surface area contributed by atoms with Gasteiger partial charge in [0.1, 0.15) is 23.7 Å². The van der Waals surface area contributed by atoms with E-state index in [-0.39, 0.29) is 19.0 Å². The Morgan fingerprint density at radius 1 is 0.791 bits per heavy atom. The molecule has 232 valence electrons. The maximum atomic E-state index is 13.3. The number of hydrogen-bond acceptors (Lipinski definition) is 9. The van der Waals surface area contributed by atoms with Gasteiger partial charge in [-0.25, -0.2) is 9.36 Å². The first-order valence-corrected chi connectivity index (χ1v) is 15.7. The fourth-order valence-corrected chi connectivity index (χ4v) is 5.45. The minimum Gasteiger partial charge on any atom is -0.491 e. The Hall–Kier alpha value is -3.64. The maximum absolute atomic E-state index is 13.3. The lowest BCUT2D eigenvalue weighted by Crippen LogP contribution is -2.27. The van der Waals surface area contributed by atoms with Gasteiger partial charge in [0.15, 0.2) is 0 Å². The number of carbonyl (C=O) groups is 1. The van der Waals surface area contributed by atoms with E-state index >= 15 is 0 Å². The van der Waals surface area contributed by atoms with Crippen molar-refractivity contribution in [3.05, 3.63) is 72.3 Å². The van der Waals surface area contributed by atoms with Crippen LogP contribution in [0.15, 0.2) is 66.7 Å². The molecule has 3 aromatic carbocycles. The molecular formula is C32H40N2O8S. The van der Waals surface area contributed by atoms with Crippen LogP contribution in [0.1, 0.15) is 26.3 Å². The van der Waals surface area contributed by atoms with Gasteiger partial charge in [0, 0.05) is 36.6 Å². The lowest BCUT2D eigenvalue weighted by molar-refractivity contribution is 0.0279. The fourth-order valence-electron chi connectivity index (χ4n) is 4.44. The molecular weight excluding hydrogens is 572 g/mol. The third-order valence-corrected chi connectivity index (χ3v) is 7.57. The summed E-state index contributed by atoms with van der Waals surface area (Å²) in [5.41, 5.74) is 2.44. The van der Waals surface area contributed by atoms with Crippen molar-refractivity contribution in [3.63, 3.8) is 0 Å². The van der Waals surface area contributed by atoms with Gasteiger partial charge in [-0.2, -0.15) is 8.42 Å². The van der Waals surface area contributed by atoms with Crippen LogP contribution >= 0.6 is 0 Å². The minimum absolute atomic E-state index is 0.0583. The zero-order valence-electron chi connectivity index (χ0n) is 25.4. The van der Waals surface area contributed by atoms with Crippen LogP contribution in [-0.2, 0) is 34.3 Å². The summed E-state index contributed by atoms with van der Waals surface area (Å²) in [6, 6.07) is 20.5. The first kappa shape index (κ1) is 32.3. The van der Waals surface area contributed by atoms with Gasteiger partial charge in [0.2, 0.25) is 0 Å². The van der Waals surface area contributed by atoms with Crippen molar-refractivity contribution < 1.29 is 36.3 Å². The van der Waals surface area contributed by atoms with Gasteiger partial charge >= 0.3 is 6.09 Å². The standard InChI is InChI=1S/C32H40N2O8S/c1-32(2,3)42-31(35)34-29-21-25(33(4)5)11-13-27(29)28-14-12-26(22-30(28)34)40-19-17-38-15-16-39-18-20-41-43(36,37)23-24-9-7-6-8-10-24/h6-14,21-22H,15-20,23H2,1-5H3. The molecule has 1 heterocycles. The second kappa shape index (κ2) is 14.2. The topological polar surface area (TPSA) is 106 Å². The van der Waals surface area contributed by atoms with Crippen molar-refractivity contribution in [1.29, 1.82) is 0 Å². The highest BCUT2D eigenvalue weighted by molar-refractivity contribution is 7.85. The number of aromatic nitrogens is 1. The molecule has 0 fully saturated rings. The van der Waals surface area contributed by atoms with E-state index in [4.69, 9.17) is 23.1 Å². The van der Waals surface area contributed by atoms with Crippen molar-refractivity contribution in [2.45, 2.75) is 32.1 Å².